The molecule has 3 heterocycles. The summed E-state index contributed by atoms with van der Waals surface area (Å²) in [5.41, 5.74) is 0.698. The molecule has 0 saturated carbocycles. The van der Waals surface area contributed by atoms with E-state index in [2.05, 4.69) is 15.3 Å². The summed E-state index contributed by atoms with van der Waals surface area (Å²) < 4.78 is 96.1. The largest absolute Gasteiger partial charge is 0.416 e. The summed E-state index contributed by atoms with van der Waals surface area (Å²) in [6.07, 6.45) is -3.88. The van der Waals surface area contributed by atoms with Crippen LogP contribution in [0.2, 0.25) is 0 Å². The maximum absolute atomic E-state index is 14.4. The molecule has 2 aliphatic heterocycles. The molecule has 6 rings (SSSR count). The van der Waals surface area contributed by atoms with Crippen LogP contribution in [-0.2, 0) is 27.5 Å². The lowest BCUT2D eigenvalue weighted by Crippen LogP contribution is -2.47. The Morgan fingerprint density at radius 2 is 1.48 bits per heavy atom. The number of para-hydroxylation sites is 1. The minimum Gasteiger partial charge on any atom is -0.366 e. The Labute approximate surface area is 274 Å². The third-order valence-electron chi connectivity index (χ3n) is 8.40. The summed E-state index contributed by atoms with van der Waals surface area (Å²) in [6, 6.07) is 16.4. The van der Waals surface area contributed by atoms with Gasteiger partial charge in [-0.2, -0.15) is 17.5 Å². The van der Waals surface area contributed by atoms with Crippen molar-refractivity contribution in [1.82, 2.24) is 19.6 Å². The lowest BCUT2D eigenvalue weighted by molar-refractivity contribution is -0.137. The van der Waals surface area contributed by atoms with Crippen molar-refractivity contribution in [1.29, 1.82) is 0 Å². The molecule has 0 spiro atoms. The number of nitrogens with zero attached hydrogens (tertiary/aromatic N) is 5. The number of alkyl halides is 3. The highest BCUT2D eigenvalue weighted by atomic mass is 32.2. The fourth-order valence-electron chi connectivity index (χ4n) is 5.91. The Hall–Kier alpha value is -4.63. The Morgan fingerprint density at radius 1 is 0.833 bits per heavy atom. The molecule has 2 saturated heterocycles. The number of anilines is 2. The summed E-state index contributed by atoms with van der Waals surface area (Å²) in [6.45, 7) is 1.65. The van der Waals surface area contributed by atoms with E-state index in [1.807, 2.05) is 9.80 Å². The molecule has 1 amide bonds. The zero-order valence-corrected chi connectivity index (χ0v) is 26.3. The second-order valence-electron chi connectivity index (χ2n) is 11.5. The zero-order chi connectivity index (χ0) is 34.1. The van der Waals surface area contributed by atoms with Gasteiger partial charge in [0, 0.05) is 38.3 Å². The van der Waals surface area contributed by atoms with Gasteiger partial charge in [-0.1, -0.05) is 36.4 Å². The monoisotopic (exact) mass is 686 g/mol. The third-order valence-corrected chi connectivity index (χ3v) is 10.3. The van der Waals surface area contributed by atoms with E-state index < -0.39 is 44.4 Å². The van der Waals surface area contributed by atoms with Crippen LogP contribution in [0.5, 0.6) is 0 Å². The van der Waals surface area contributed by atoms with E-state index in [4.69, 9.17) is 0 Å². The topological polar surface area (TPSA) is 98.7 Å². The minimum atomic E-state index is -4.52. The first-order chi connectivity index (χ1) is 22.9. The van der Waals surface area contributed by atoms with Crippen LogP contribution in [0.15, 0.2) is 83.8 Å². The zero-order valence-electron chi connectivity index (χ0n) is 25.5. The molecule has 9 nitrogen and oxygen atoms in total. The standard InChI is InChI=1S/C33H31F5N6O3S/c34-25-6-1-3-8-28(25)42-16-18-43(19-17-42)32-40-24(20-27(41-32)22-11-13-23(14-12-22)33(36,37)38)21-39-31(45)29-9-5-15-44(29)48(46,47)30-10-4-2-7-26(30)35/h1-4,6-8,10-14,20,29H,5,9,15-19,21H2,(H,39,45)/t29-/m0/s1. The fourth-order valence-corrected chi connectivity index (χ4v) is 7.64. The van der Waals surface area contributed by atoms with Crippen LogP contribution in [-0.4, -0.2) is 67.4 Å². The van der Waals surface area contributed by atoms with Crippen LogP contribution >= 0.6 is 0 Å². The summed E-state index contributed by atoms with van der Waals surface area (Å²) in [4.78, 5) is 25.9. The number of piperazine rings is 1. The Balaban J connectivity index is 1.23. The van der Waals surface area contributed by atoms with Gasteiger partial charge in [-0.05, 0) is 55.3 Å². The van der Waals surface area contributed by atoms with Crippen molar-refractivity contribution in [3.05, 3.63) is 102 Å². The molecule has 48 heavy (non-hydrogen) atoms. The van der Waals surface area contributed by atoms with Crippen LogP contribution in [0.3, 0.4) is 0 Å². The van der Waals surface area contributed by atoms with Crippen molar-refractivity contribution in [3.8, 4) is 11.3 Å². The number of benzene rings is 3. The predicted octanol–water partition coefficient (Wildman–Crippen LogP) is 5.24. The van der Waals surface area contributed by atoms with Crippen LogP contribution in [0.4, 0.5) is 33.6 Å². The average molecular weight is 687 g/mol. The number of aromatic nitrogens is 2. The summed E-state index contributed by atoms with van der Waals surface area (Å²) >= 11 is 0. The lowest BCUT2D eigenvalue weighted by atomic mass is 10.1. The van der Waals surface area contributed by atoms with E-state index in [-0.39, 0.29) is 31.3 Å². The average Bonchev–Trinajstić information content (AvgIpc) is 3.59. The number of halogens is 5. The number of hydrogen-bond acceptors (Lipinski definition) is 7. The number of sulfonamides is 1. The second-order valence-corrected chi connectivity index (χ2v) is 13.3. The Kier molecular flexibility index (Phi) is 9.34. The van der Waals surface area contributed by atoms with Crippen molar-refractivity contribution in [2.24, 2.45) is 0 Å². The van der Waals surface area contributed by atoms with Gasteiger partial charge in [-0.15, -0.1) is 0 Å². The predicted molar refractivity (Wildman–Crippen MR) is 168 cm³/mol. The molecular formula is C33H31F5N6O3S. The van der Waals surface area contributed by atoms with E-state index in [9.17, 15) is 35.2 Å². The number of rotatable bonds is 8. The Morgan fingerprint density at radius 3 is 2.15 bits per heavy atom. The SMILES string of the molecule is O=C(NCc1cc(-c2ccc(C(F)(F)F)cc2)nc(N2CCN(c3ccccc3F)CC2)n1)[C@@H]1CCCN1S(=O)(=O)c1ccccc1F. The maximum Gasteiger partial charge on any atom is 0.416 e. The smallest absolute Gasteiger partial charge is 0.366 e. The van der Waals surface area contributed by atoms with Crippen molar-refractivity contribution in [2.45, 2.75) is 36.5 Å². The molecule has 15 heteroatoms. The molecule has 0 unspecified atom stereocenters. The quantitative estimate of drug-likeness (QED) is 0.254. The first-order valence-corrected chi connectivity index (χ1v) is 16.7. The van der Waals surface area contributed by atoms with E-state index in [1.54, 1.807) is 24.3 Å². The maximum atomic E-state index is 14.4. The van der Waals surface area contributed by atoms with Gasteiger partial charge in [0.2, 0.25) is 21.9 Å². The van der Waals surface area contributed by atoms with Crippen molar-refractivity contribution >= 4 is 27.6 Å². The molecule has 0 bridgehead atoms. The molecule has 3 aromatic carbocycles. The van der Waals surface area contributed by atoms with E-state index in [1.165, 1.54) is 30.3 Å². The van der Waals surface area contributed by atoms with Crippen LogP contribution in [0.1, 0.15) is 24.1 Å². The number of hydrogen-bond donors (Lipinski definition) is 1. The minimum absolute atomic E-state index is 0.0450. The van der Waals surface area contributed by atoms with Gasteiger partial charge in [-0.25, -0.2) is 27.2 Å². The van der Waals surface area contributed by atoms with Crippen LogP contribution < -0.4 is 15.1 Å². The fraction of sp³-hybridized carbons (Fsp3) is 0.303. The molecule has 0 radical (unpaired) electrons. The number of nitrogens with one attached hydrogen (secondary N) is 1. The molecule has 1 N–H and O–H groups in total. The number of carbonyl (C=O) groups is 1. The normalized spacial score (nSPS) is 17.5. The highest BCUT2D eigenvalue weighted by Gasteiger charge is 2.40. The molecule has 2 fully saturated rings. The van der Waals surface area contributed by atoms with Gasteiger partial charge < -0.3 is 15.1 Å². The number of carbonyl (C=O) groups excluding carboxylic acids is 1. The van der Waals surface area contributed by atoms with Gasteiger partial charge in [0.05, 0.1) is 29.2 Å². The van der Waals surface area contributed by atoms with Gasteiger partial charge in [0.15, 0.2) is 0 Å². The first-order valence-electron chi connectivity index (χ1n) is 15.3. The number of amides is 1. The lowest BCUT2D eigenvalue weighted by Gasteiger charge is -2.36. The van der Waals surface area contributed by atoms with Gasteiger partial charge in [-0.3, -0.25) is 4.79 Å². The molecular weight excluding hydrogens is 655 g/mol. The van der Waals surface area contributed by atoms with E-state index in [0.717, 1.165) is 28.6 Å². The van der Waals surface area contributed by atoms with Gasteiger partial charge >= 0.3 is 6.18 Å². The summed E-state index contributed by atoms with van der Waals surface area (Å²) in [5, 5.41) is 2.74. The van der Waals surface area contributed by atoms with Crippen LogP contribution in [0, 0.1) is 11.6 Å². The summed E-state index contributed by atoms with van der Waals surface area (Å²) in [7, 11) is -4.29. The molecule has 4 aromatic rings. The molecule has 1 atom stereocenters. The first kappa shape index (κ1) is 33.3. The van der Waals surface area contributed by atoms with Crippen molar-refractivity contribution in [2.75, 3.05) is 42.5 Å². The highest BCUT2D eigenvalue weighted by Crippen LogP contribution is 2.32. The van der Waals surface area contributed by atoms with E-state index >= 15 is 0 Å². The van der Waals surface area contributed by atoms with E-state index in [0.29, 0.717) is 55.2 Å². The van der Waals surface area contributed by atoms with Crippen molar-refractivity contribution < 1.29 is 35.2 Å². The summed E-state index contributed by atoms with van der Waals surface area (Å²) in [5.74, 6) is -1.58. The third kappa shape index (κ3) is 6.97. The molecule has 1 aromatic heterocycles. The van der Waals surface area contributed by atoms with Crippen LogP contribution in [0.25, 0.3) is 11.3 Å². The Bertz CT molecular complexity index is 1900. The molecule has 252 valence electrons. The van der Waals surface area contributed by atoms with Crippen molar-refractivity contribution in [3.63, 3.8) is 0 Å². The highest BCUT2D eigenvalue weighted by molar-refractivity contribution is 7.89. The molecule has 2 aliphatic rings. The van der Waals surface area contributed by atoms with Gasteiger partial charge in [0.1, 0.15) is 22.6 Å². The molecule has 0 aliphatic carbocycles. The van der Waals surface area contributed by atoms with Gasteiger partial charge in [0.25, 0.3) is 0 Å². The second kappa shape index (κ2) is 13.5.